The summed E-state index contributed by atoms with van der Waals surface area (Å²) in [5.74, 6) is 0.00548. The Kier molecular flexibility index (Phi) is 6.41. The van der Waals surface area contributed by atoms with Gasteiger partial charge in [-0.1, -0.05) is 13.0 Å². The Hall–Kier alpha value is -2.45. The molecule has 27 heavy (non-hydrogen) atoms. The highest BCUT2D eigenvalue weighted by Gasteiger charge is 2.22. The normalized spacial score (nSPS) is 14.0. The van der Waals surface area contributed by atoms with Gasteiger partial charge in [-0.2, -0.15) is 0 Å². The Morgan fingerprint density at radius 1 is 1.11 bits per heavy atom. The quantitative estimate of drug-likeness (QED) is 0.770. The summed E-state index contributed by atoms with van der Waals surface area (Å²) in [6.45, 7) is 4.80. The van der Waals surface area contributed by atoms with Crippen LogP contribution in [0.1, 0.15) is 23.0 Å². The van der Waals surface area contributed by atoms with Crippen molar-refractivity contribution < 1.29 is 9.59 Å². The van der Waals surface area contributed by atoms with Gasteiger partial charge in [0.1, 0.15) is 0 Å². The molecular formula is C19H22N4O2S2. The second-order valence-electron chi connectivity index (χ2n) is 6.16. The molecule has 0 aliphatic carbocycles. The van der Waals surface area contributed by atoms with Gasteiger partial charge in [-0.25, -0.2) is 0 Å². The van der Waals surface area contributed by atoms with E-state index >= 15 is 0 Å². The van der Waals surface area contributed by atoms with E-state index in [9.17, 15) is 9.59 Å². The first-order valence-corrected chi connectivity index (χ1v) is 10.1. The number of carbonyl (C=O) groups excluding carboxylic acids is 2. The van der Waals surface area contributed by atoms with Crippen LogP contribution in [0.2, 0.25) is 0 Å². The summed E-state index contributed by atoms with van der Waals surface area (Å²) >= 11 is 6.60. The van der Waals surface area contributed by atoms with Gasteiger partial charge in [0.25, 0.3) is 5.91 Å². The van der Waals surface area contributed by atoms with Crippen LogP contribution in [0.25, 0.3) is 0 Å². The van der Waals surface area contributed by atoms with E-state index in [2.05, 4.69) is 15.5 Å². The van der Waals surface area contributed by atoms with Crippen LogP contribution in [0.15, 0.2) is 41.8 Å². The molecule has 1 aromatic carbocycles. The van der Waals surface area contributed by atoms with Crippen LogP contribution in [0, 0.1) is 0 Å². The molecule has 1 aromatic heterocycles. The average Bonchev–Trinajstić information content (AvgIpc) is 3.23. The molecule has 1 fully saturated rings. The van der Waals surface area contributed by atoms with Gasteiger partial charge < -0.3 is 20.4 Å². The van der Waals surface area contributed by atoms with Crippen molar-refractivity contribution in [2.24, 2.45) is 0 Å². The third-order valence-corrected chi connectivity index (χ3v) is 5.43. The van der Waals surface area contributed by atoms with Crippen LogP contribution in [0.5, 0.6) is 0 Å². The van der Waals surface area contributed by atoms with Crippen molar-refractivity contribution in [3.63, 3.8) is 0 Å². The summed E-state index contributed by atoms with van der Waals surface area (Å²) in [4.78, 5) is 28.7. The Bertz CT molecular complexity index is 798. The molecule has 3 rings (SSSR count). The molecule has 2 N–H and O–H groups in total. The molecule has 6 nitrogen and oxygen atoms in total. The van der Waals surface area contributed by atoms with Gasteiger partial charge in [-0.3, -0.25) is 9.59 Å². The number of nitrogens with zero attached hydrogens (tertiary/aromatic N) is 2. The second kappa shape index (κ2) is 8.96. The van der Waals surface area contributed by atoms with Gasteiger partial charge in [-0.05, 0) is 47.9 Å². The van der Waals surface area contributed by atoms with E-state index < -0.39 is 0 Å². The van der Waals surface area contributed by atoms with Crippen molar-refractivity contribution in [1.82, 2.24) is 10.2 Å². The summed E-state index contributed by atoms with van der Waals surface area (Å²) < 4.78 is 0. The molecule has 0 unspecified atom stereocenters. The third kappa shape index (κ3) is 5.05. The average molecular weight is 403 g/mol. The maximum Gasteiger partial charge on any atom is 0.264 e. The van der Waals surface area contributed by atoms with Gasteiger partial charge in [0.05, 0.1) is 4.88 Å². The topological polar surface area (TPSA) is 64.7 Å². The fourth-order valence-electron chi connectivity index (χ4n) is 2.86. The molecule has 1 saturated heterocycles. The molecule has 142 valence electrons. The lowest BCUT2D eigenvalue weighted by atomic mass is 10.2. The van der Waals surface area contributed by atoms with Crippen molar-refractivity contribution in [2.45, 2.75) is 13.3 Å². The number of hydrogen-bond acceptors (Lipinski definition) is 5. The van der Waals surface area contributed by atoms with Crippen LogP contribution in [0.3, 0.4) is 0 Å². The number of hydrogen-bond donors (Lipinski definition) is 2. The van der Waals surface area contributed by atoms with Gasteiger partial charge in [-0.15, -0.1) is 11.3 Å². The lowest BCUT2D eigenvalue weighted by Crippen LogP contribution is -2.48. The number of carbonyl (C=O) groups is 2. The van der Waals surface area contributed by atoms with Crippen molar-refractivity contribution in [3.05, 3.63) is 46.7 Å². The predicted octanol–water partition coefficient (Wildman–Crippen LogP) is 2.93. The van der Waals surface area contributed by atoms with Gasteiger partial charge in [0, 0.05) is 44.0 Å². The highest BCUT2D eigenvalue weighted by Crippen LogP contribution is 2.21. The van der Waals surface area contributed by atoms with Gasteiger partial charge in [0.2, 0.25) is 5.91 Å². The highest BCUT2D eigenvalue weighted by molar-refractivity contribution is 7.80. The van der Waals surface area contributed by atoms with E-state index in [1.165, 1.54) is 11.3 Å². The first-order chi connectivity index (χ1) is 13.1. The number of amides is 2. The minimum Gasteiger partial charge on any atom is -0.368 e. The molecule has 2 heterocycles. The molecule has 1 aliphatic rings. The lowest BCUT2D eigenvalue weighted by molar-refractivity contribution is -0.119. The molecule has 0 atom stereocenters. The summed E-state index contributed by atoms with van der Waals surface area (Å²) in [5.41, 5.74) is 1.93. The smallest absolute Gasteiger partial charge is 0.264 e. The van der Waals surface area contributed by atoms with E-state index in [1.54, 1.807) is 6.92 Å². The summed E-state index contributed by atoms with van der Waals surface area (Å²) in [5, 5.41) is 7.85. The fraction of sp³-hybridized carbons (Fsp3) is 0.316. The van der Waals surface area contributed by atoms with E-state index in [1.807, 2.05) is 46.7 Å². The molecule has 2 amide bonds. The number of piperazine rings is 1. The molecule has 0 spiro atoms. The number of rotatable bonds is 4. The molecule has 2 aromatic rings. The maximum absolute atomic E-state index is 12.4. The van der Waals surface area contributed by atoms with Crippen molar-refractivity contribution in [1.29, 1.82) is 0 Å². The van der Waals surface area contributed by atoms with E-state index in [0.29, 0.717) is 24.6 Å². The largest absolute Gasteiger partial charge is 0.368 e. The van der Waals surface area contributed by atoms with Crippen molar-refractivity contribution in [2.75, 3.05) is 36.4 Å². The number of benzene rings is 1. The van der Waals surface area contributed by atoms with E-state index in [-0.39, 0.29) is 11.8 Å². The molecular weight excluding hydrogens is 380 g/mol. The van der Waals surface area contributed by atoms with Crippen LogP contribution >= 0.6 is 23.6 Å². The van der Waals surface area contributed by atoms with Crippen molar-refractivity contribution in [3.8, 4) is 0 Å². The summed E-state index contributed by atoms with van der Waals surface area (Å²) in [7, 11) is 0. The summed E-state index contributed by atoms with van der Waals surface area (Å²) in [6.07, 6.45) is 0.391. The zero-order valence-electron chi connectivity index (χ0n) is 15.1. The minimum atomic E-state index is -0.112. The van der Waals surface area contributed by atoms with E-state index in [4.69, 9.17) is 12.2 Å². The highest BCUT2D eigenvalue weighted by atomic mass is 32.1. The second-order valence-corrected chi connectivity index (χ2v) is 7.52. The first-order valence-electron chi connectivity index (χ1n) is 8.85. The number of nitrogens with one attached hydrogen (secondary N) is 2. The maximum atomic E-state index is 12.4. The molecule has 0 bridgehead atoms. The van der Waals surface area contributed by atoms with Crippen LogP contribution in [-0.4, -0.2) is 48.0 Å². The first kappa shape index (κ1) is 19.3. The Morgan fingerprint density at radius 3 is 2.41 bits per heavy atom. The lowest BCUT2D eigenvalue weighted by Gasteiger charge is -2.36. The zero-order chi connectivity index (χ0) is 19.2. The third-order valence-electron chi connectivity index (χ3n) is 4.36. The Balaban J connectivity index is 1.52. The molecule has 0 saturated carbocycles. The van der Waals surface area contributed by atoms with Crippen LogP contribution < -0.4 is 15.5 Å². The number of anilines is 2. The summed E-state index contributed by atoms with van der Waals surface area (Å²) in [6, 6.07) is 11.7. The minimum absolute atomic E-state index is 0.112. The SMILES string of the molecule is CCC(=O)NC(=S)Nc1ccc(N2CCN(C(=O)c3cccs3)CC2)cc1. The van der Waals surface area contributed by atoms with Gasteiger partial charge >= 0.3 is 0 Å². The molecule has 1 aliphatic heterocycles. The predicted molar refractivity (Wildman–Crippen MR) is 114 cm³/mol. The fourth-order valence-corrected chi connectivity index (χ4v) is 3.78. The Labute approximate surface area is 168 Å². The zero-order valence-corrected chi connectivity index (χ0v) is 16.7. The monoisotopic (exact) mass is 402 g/mol. The van der Waals surface area contributed by atoms with E-state index in [0.717, 1.165) is 29.3 Å². The van der Waals surface area contributed by atoms with Crippen LogP contribution in [0.4, 0.5) is 11.4 Å². The Morgan fingerprint density at radius 2 is 1.81 bits per heavy atom. The molecule has 0 radical (unpaired) electrons. The standard InChI is InChI=1S/C19H22N4O2S2/c1-2-17(24)21-19(26)20-14-5-7-15(8-6-14)22-9-11-23(12-10-22)18(25)16-4-3-13-27-16/h3-8,13H,2,9-12H2,1H3,(H2,20,21,24,26). The van der Waals surface area contributed by atoms with Gasteiger partial charge in [0.15, 0.2) is 5.11 Å². The number of thiocarbonyl (C=S) groups is 1. The van der Waals surface area contributed by atoms with Crippen LogP contribution in [-0.2, 0) is 4.79 Å². The van der Waals surface area contributed by atoms with Crippen molar-refractivity contribution >= 4 is 51.9 Å². The number of thiophene rings is 1. The molecule has 8 heteroatoms.